The van der Waals surface area contributed by atoms with Crippen LogP contribution >= 0.6 is 0 Å². The smallest absolute Gasteiger partial charge is 0.272 e. The van der Waals surface area contributed by atoms with Gasteiger partial charge in [0, 0.05) is 31.7 Å². The third kappa shape index (κ3) is 6.02. The van der Waals surface area contributed by atoms with Crippen LogP contribution in [0.2, 0.25) is 0 Å². The molecule has 0 bridgehead atoms. The zero-order valence-corrected chi connectivity index (χ0v) is 18.0. The minimum Gasteiger partial charge on any atom is -0.497 e. The molecule has 1 N–H and O–H groups in total. The van der Waals surface area contributed by atoms with Gasteiger partial charge in [0.05, 0.1) is 7.11 Å². The number of rotatable bonds is 7. The van der Waals surface area contributed by atoms with Gasteiger partial charge in [-0.3, -0.25) is 9.59 Å². The molecule has 160 valence electrons. The summed E-state index contributed by atoms with van der Waals surface area (Å²) in [5, 5.41) is 2.97. The fraction of sp³-hybridized carbons (Fsp3) is 0.478. The Hall–Kier alpha value is -2.96. The average molecular weight is 411 g/mol. The van der Waals surface area contributed by atoms with Crippen molar-refractivity contribution in [2.75, 3.05) is 20.2 Å². The molecule has 30 heavy (non-hydrogen) atoms. The number of carbonyl (C=O) groups is 2. The number of amides is 2. The van der Waals surface area contributed by atoms with Gasteiger partial charge in [-0.05, 0) is 62.8 Å². The third-order valence-electron chi connectivity index (χ3n) is 5.39. The highest BCUT2D eigenvalue weighted by Gasteiger charge is 2.26. The van der Waals surface area contributed by atoms with Gasteiger partial charge in [0.1, 0.15) is 17.3 Å². The van der Waals surface area contributed by atoms with E-state index in [9.17, 15) is 9.59 Å². The number of nitrogens with one attached hydrogen (secondary N) is 1. The summed E-state index contributed by atoms with van der Waals surface area (Å²) in [7, 11) is 1.63. The number of ether oxygens (including phenoxy) is 1. The minimum absolute atomic E-state index is 0.0309. The molecule has 2 amide bonds. The molecule has 2 aromatic rings. The Kier molecular flexibility index (Phi) is 7.38. The van der Waals surface area contributed by atoms with E-state index < -0.39 is 0 Å². The van der Waals surface area contributed by atoms with Crippen LogP contribution in [0.15, 0.2) is 30.3 Å². The van der Waals surface area contributed by atoms with Gasteiger partial charge in [0.2, 0.25) is 5.91 Å². The zero-order chi connectivity index (χ0) is 21.5. The van der Waals surface area contributed by atoms with Gasteiger partial charge in [-0.1, -0.05) is 12.1 Å². The van der Waals surface area contributed by atoms with E-state index in [1.54, 1.807) is 20.1 Å². The van der Waals surface area contributed by atoms with Crippen molar-refractivity contribution in [1.82, 2.24) is 20.2 Å². The van der Waals surface area contributed by atoms with Gasteiger partial charge in [0.25, 0.3) is 5.91 Å². The Labute approximate surface area is 177 Å². The number of nitrogens with zero attached hydrogens (tertiary/aromatic N) is 3. The molecule has 1 atom stereocenters. The molecule has 7 nitrogen and oxygen atoms in total. The van der Waals surface area contributed by atoms with Crippen LogP contribution in [0, 0.1) is 19.8 Å². The molecule has 2 heterocycles. The van der Waals surface area contributed by atoms with Gasteiger partial charge in [-0.25, -0.2) is 9.97 Å². The van der Waals surface area contributed by atoms with Crippen molar-refractivity contribution in [3.63, 3.8) is 0 Å². The number of aromatic nitrogens is 2. The quantitative estimate of drug-likeness (QED) is 0.758. The number of piperidine rings is 1. The van der Waals surface area contributed by atoms with Crippen LogP contribution in [-0.2, 0) is 11.3 Å². The van der Waals surface area contributed by atoms with Crippen LogP contribution in [0.25, 0.3) is 0 Å². The average Bonchev–Trinajstić information content (AvgIpc) is 2.75. The van der Waals surface area contributed by atoms with Crippen molar-refractivity contribution in [3.05, 3.63) is 53.1 Å². The molecule has 1 aliphatic heterocycles. The first kappa shape index (κ1) is 21.7. The van der Waals surface area contributed by atoms with E-state index in [4.69, 9.17) is 4.74 Å². The summed E-state index contributed by atoms with van der Waals surface area (Å²) in [5.41, 5.74) is 2.26. The normalized spacial score (nSPS) is 16.2. The van der Waals surface area contributed by atoms with Crippen LogP contribution in [0.4, 0.5) is 0 Å². The molecule has 0 aliphatic carbocycles. The standard InChI is InChI=1S/C23H30N4O3/c1-16-12-21(26-17(2)25-16)23(29)27-11-5-7-18(15-27)9-10-22(28)24-14-19-6-4-8-20(13-19)30-3/h4,6,8,12-13,18H,5,7,9-11,14-15H2,1-3H3,(H,24,28). The van der Waals surface area contributed by atoms with Crippen molar-refractivity contribution in [2.45, 2.75) is 46.1 Å². The number of hydrogen-bond acceptors (Lipinski definition) is 5. The van der Waals surface area contributed by atoms with Crippen molar-refractivity contribution in [1.29, 1.82) is 0 Å². The summed E-state index contributed by atoms with van der Waals surface area (Å²) in [6.07, 6.45) is 3.22. The number of carbonyl (C=O) groups excluding carboxylic acids is 2. The van der Waals surface area contributed by atoms with E-state index in [-0.39, 0.29) is 11.8 Å². The lowest BCUT2D eigenvalue weighted by atomic mass is 9.93. The Bertz CT molecular complexity index is 880. The maximum absolute atomic E-state index is 12.8. The van der Waals surface area contributed by atoms with Crippen LogP contribution in [0.5, 0.6) is 5.75 Å². The second kappa shape index (κ2) is 10.2. The van der Waals surface area contributed by atoms with Crippen LogP contribution in [-0.4, -0.2) is 46.9 Å². The molecule has 0 spiro atoms. The molecule has 0 saturated carbocycles. The molecule has 3 rings (SSSR count). The molecule has 1 aromatic heterocycles. The summed E-state index contributed by atoms with van der Waals surface area (Å²) < 4.78 is 5.21. The van der Waals surface area contributed by atoms with Crippen LogP contribution in [0.3, 0.4) is 0 Å². The summed E-state index contributed by atoms with van der Waals surface area (Å²) in [4.78, 5) is 35.5. The molecular formula is C23H30N4O3. The van der Waals surface area contributed by atoms with Crippen LogP contribution in [0.1, 0.15) is 53.3 Å². The maximum atomic E-state index is 12.8. The van der Waals surface area contributed by atoms with E-state index >= 15 is 0 Å². The maximum Gasteiger partial charge on any atom is 0.272 e. The van der Waals surface area contributed by atoms with Gasteiger partial charge in [-0.2, -0.15) is 0 Å². The Balaban J connectivity index is 1.47. The first-order valence-electron chi connectivity index (χ1n) is 10.5. The molecule has 7 heteroatoms. The van der Waals surface area contributed by atoms with E-state index in [2.05, 4.69) is 15.3 Å². The summed E-state index contributed by atoms with van der Waals surface area (Å²) >= 11 is 0. The highest BCUT2D eigenvalue weighted by Crippen LogP contribution is 2.22. The summed E-state index contributed by atoms with van der Waals surface area (Å²) in [6.45, 7) is 5.56. The second-order valence-corrected chi connectivity index (χ2v) is 7.87. The largest absolute Gasteiger partial charge is 0.497 e. The molecule has 1 aromatic carbocycles. The number of methoxy groups -OCH3 is 1. The predicted molar refractivity (Wildman–Crippen MR) is 114 cm³/mol. The number of likely N-dealkylation sites (tertiary alicyclic amines) is 1. The molecular weight excluding hydrogens is 380 g/mol. The number of benzene rings is 1. The zero-order valence-electron chi connectivity index (χ0n) is 18.0. The minimum atomic E-state index is -0.0456. The Morgan fingerprint density at radius 3 is 2.83 bits per heavy atom. The van der Waals surface area contributed by atoms with Gasteiger partial charge >= 0.3 is 0 Å². The van der Waals surface area contributed by atoms with E-state index in [1.807, 2.05) is 36.1 Å². The van der Waals surface area contributed by atoms with Crippen molar-refractivity contribution in [2.24, 2.45) is 5.92 Å². The lowest BCUT2D eigenvalue weighted by molar-refractivity contribution is -0.121. The van der Waals surface area contributed by atoms with Gasteiger partial charge < -0.3 is 15.0 Å². The molecule has 1 saturated heterocycles. The van der Waals surface area contributed by atoms with Crippen LogP contribution < -0.4 is 10.1 Å². The second-order valence-electron chi connectivity index (χ2n) is 7.87. The number of aryl methyl sites for hydroxylation is 2. The lowest BCUT2D eigenvalue weighted by Crippen LogP contribution is -2.40. The molecule has 1 aliphatic rings. The third-order valence-corrected chi connectivity index (χ3v) is 5.39. The molecule has 1 unspecified atom stereocenters. The van der Waals surface area contributed by atoms with Crippen molar-refractivity contribution < 1.29 is 14.3 Å². The van der Waals surface area contributed by atoms with E-state index in [0.717, 1.165) is 42.8 Å². The van der Waals surface area contributed by atoms with Crippen molar-refractivity contribution in [3.8, 4) is 5.75 Å². The molecule has 1 fully saturated rings. The Morgan fingerprint density at radius 1 is 1.23 bits per heavy atom. The highest BCUT2D eigenvalue weighted by molar-refractivity contribution is 5.92. The summed E-state index contributed by atoms with van der Waals surface area (Å²) in [6, 6.07) is 9.41. The topological polar surface area (TPSA) is 84.4 Å². The van der Waals surface area contributed by atoms with Gasteiger partial charge in [0.15, 0.2) is 0 Å². The fourth-order valence-electron chi connectivity index (χ4n) is 3.88. The SMILES string of the molecule is COc1cccc(CNC(=O)CCC2CCCN(C(=O)c3cc(C)nc(C)n3)C2)c1. The summed E-state index contributed by atoms with van der Waals surface area (Å²) in [5.74, 6) is 1.70. The highest BCUT2D eigenvalue weighted by atomic mass is 16.5. The first-order valence-corrected chi connectivity index (χ1v) is 10.5. The fourth-order valence-corrected chi connectivity index (χ4v) is 3.88. The lowest BCUT2D eigenvalue weighted by Gasteiger charge is -2.32. The Morgan fingerprint density at radius 2 is 2.07 bits per heavy atom. The monoisotopic (exact) mass is 410 g/mol. The molecule has 0 radical (unpaired) electrons. The van der Waals surface area contributed by atoms with Crippen molar-refractivity contribution >= 4 is 11.8 Å². The van der Waals surface area contributed by atoms with Gasteiger partial charge in [-0.15, -0.1) is 0 Å². The number of hydrogen-bond donors (Lipinski definition) is 1. The predicted octanol–water partition coefficient (Wildman–Crippen LogP) is 3.05. The van der Waals surface area contributed by atoms with E-state index in [1.165, 1.54) is 0 Å². The first-order chi connectivity index (χ1) is 14.4. The van der Waals surface area contributed by atoms with E-state index in [0.29, 0.717) is 36.9 Å².